The Morgan fingerprint density at radius 1 is 1.53 bits per heavy atom. The number of aliphatic hydroxyl groups is 1. The lowest BCUT2D eigenvalue weighted by Crippen LogP contribution is -2.38. The van der Waals surface area contributed by atoms with Crippen molar-refractivity contribution in [1.29, 1.82) is 0 Å². The van der Waals surface area contributed by atoms with Crippen LogP contribution >= 0.6 is 23.1 Å². The van der Waals surface area contributed by atoms with Crippen LogP contribution in [0, 0.1) is 0 Å². The topological polar surface area (TPSA) is 49.2 Å². The summed E-state index contributed by atoms with van der Waals surface area (Å²) in [6.45, 7) is 7.69. The standard InChI is InChI=1S/C9H16ClN3OS/c1-4-13(6-9(2,3)14)5-7-8(10)15-12-11-7/h14H,4-6H2,1-3H3. The summed E-state index contributed by atoms with van der Waals surface area (Å²) in [5.74, 6) is 0. The average Bonchev–Trinajstić information content (AvgIpc) is 2.48. The van der Waals surface area contributed by atoms with E-state index in [-0.39, 0.29) is 0 Å². The molecule has 0 aliphatic rings. The van der Waals surface area contributed by atoms with Crippen LogP contribution in [0.15, 0.2) is 0 Å². The number of likely N-dealkylation sites (N-methyl/N-ethyl adjacent to an activating group) is 1. The number of nitrogens with zero attached hydrogens (tertiary/aromatic N) is 3. The van der Waals surface area contributed by atoms with Gasteiger partial charge in [-0.3, -0.25) is 4.90 Å². The normalized spacial score (nSPS) is 12.4. The average molecular weight is 250 g/mol. The van der Waals surface area contributed by atoms with Gasteiger partial charge >= 0.3 is 0 Å². The fourth-order valence-electron chi connectivity index (χ4n) is 1.33. The molecule has 0 bridgehead atoms. The molecular formula is C9H16ClN3OS. The third kappa shape index (κ3) is 4.42. The van der Waals surface area contributed by atoms with Gasteiger partial charge in [-0.25, -0.2) is 0 Å². The zero-order chi connectivity index (χ0) is 11.5. The highest BCUT2D eigenvalue weighted by Crippen LogP contribution is 2.19. The maximum absolute atomic E-state index is 9.71. The third-order valence-corrected chi connectivity index (χ3v) is 2.92. The molecule has 1 rings (SSSR count). The van der Waals surface area contributed by atoms with Crippen molar-refractivity contribution in [3.63, 3.8) is 0 Å². The van der Waals surface area contributed by atoms with Crippen molar-refractivity contribution in [3.8, 4) is 0 Å². The molecule has 0 aromatic carbocycles. The number of aromatic nitrogens is 2. The summed E-state index contributed by atoms with van der Waals surface area (Å²) in [6.07, 6.45) is 0. The van der Waals surface area contributed by atoms with Gasteiger partial charge < -0.3 is 5.11 Å². The van der Waals surface area contributed by atoms with Crippen LogP contribution < -0.4 is 0 Å². The Morgan fingerprint density at radius 2 is 2.20 bits per heavy atom. The fraction of sp³-hybridized carbons (Fsp3) is 0.778. The first-order valence-corrected chi connectivity index (χ1v) is 5.99. The van der Waals surface area contributed by atoms with E-state index in [4.69, 9.17) is 11.6 Å². The zero-order valence-corrected chi connectivity index (χ0v) is 10.8. The molecule has 0 unspecified atom stereocenters. The van der Waals surface area contributed by atoms with E-state index in [1.807, 2.05) is 6.92 Å². The molecule has 0 aliphatic heterocycles. The van der Waals surface area contributed by atoms with Crippen LogP contribution in [0.5, 0.6) is 0 Å². The van der Waals surface area contributed by atoms with Crippen LogP contribution in [0.1, 0.15) is 26.5 Å². The van der Waals surface area contributed by atoms with Gasteiger partial charge in [0.15, 0.2) is 0 Å². The number of hydrogen-bond donors (Lipinski definition) is 1. The maximum Gasteiger partial charge on any atom is 0.138 e. The first kappa shape index (κ1) is 12.8. The van der Waals surface area contributed by atoms with Crippen molar-refractivity contribution in [1.82, 2.24) is 14.5 Å². The van der Waals surface area contributed by atoms with Crippen molar-refractivity contribution in [3.05, 3.63) is 10.0 Å². The monoisotopic (exact) mass is 249 g/mol. The molecule has 0 saturated carbocycles. The zero-order valence-electron chi connectivity index (χ0n) is 9.20. The molecular weight excluding hydrogens is 234 g/mol. The summed E-state index contributed by atoms with van der Waals surface area (Å²) in [5.41, 5.74) is 0.0825. The minimum atomic E-state index is -0.702. The Hall–Kier alpha value is -0.230. The van der Waals surface area contributed by atoms with Crippen molar-refractivity contribution < 1.29 is 5.11 Å². The summed E-state index contributed by atoms with van der Waals surface area (Å²) in [6, 6.07) is 0. The molecule has 86 valence electrons. The largest absolute Gasteiger partial charge is 0.389 e. The molecule has 1 N–H and O–H groups in total. The Kier molecular flexibility index (Phi) is 4.45. The maximum atomic E-state index is 9.71. The predicted octanol–water partition coefficient (Wildman–Crippen LogP) is 1.78. The minimum Gasteiger partial charge on any atom is -0.389 e. The Morgan fingerprint density at radius 3 is 2.60 bits per heavy atom. The van der Waals surface area contributed by atoms with E-state index in [1.165, 1.54) is 11.5 Å². The van der Waals surface area contributed by atoms with Gasteiger partial charge in [-0.1, -0.05) is 23.0 Å². The molecule has 0 fully saturated rings. The summed E-state index contributed by atoms with van der Waals surface area (Å²) in [5, 5.41) is 13.7. The van der Waals surface area contributed by atoms with Crippen molar-refractivity contribution >= 4 is 23.1 Å². The number of rotatable bonds is 5. The van der Waals surface area contributed by atoms with Crippen LogP contribution in [0.4, 0.5) is 0 Å². The van der Waals surface area contributed by atoms with Crippen molar-refractivity contribution in [2.45, 2.75) is 32.9 Å². The molecule has 1 aromatic rings. The van der Waals surface area contributed by atoms with Gasteiger partial charge in [0, 0.05) is 24.6 Å². The molecule has 0 aliphatic carbocycles. The Bertz CT molecular complexity index is 311. The molecule has 4 nitrogen and oxygen atoms in total. The molecule has 6 heteroatoms. The van der Waals surface area contributed by atoms with Crippen LogP contribution in [-0.2, 0) is 6.54 Å². The van der Waals surface area contributed by atoms with Crippen LogP contribution in [0.25, 0.3) is 0 Å². The van der Waals surface area contributed by atoms with Gasteiger partial charge in [0.05, 0.1) is 5.60 Å². The van der Waals surface area contributed by atoms with Gasteiger partial charge in [-0.15, -0.1) is 5.10 Å². The lowest BCUT2D eigenvalue weighted by molar-refractivity contribution is 0.0350. The summed E-state index contributed by atoms with van der Waals surface area (Å²) >= 11 is 7.11. The molecule has 15 heavy (non-hydrogen) atoms. The fourth-order valence-corrected chi connectivity index (χ4v) is 1.94. The van der Waals surface area contributed by atoms with Gasteiger partial charge in [0.1, 0.15) is 10.0 Å². The smallest absolute Gasteiger partial charge is 0.138 e. The highest BCUT2D eigenvalue weighted by Gasteiger charge is 2.19. The highest BCUT2D eigenvalue weighted by molar-refractivity contribution is 7.10. The molecule has 0 spiro atoms. The van der Waals surface area contributed by atoms with Gasteiger partial charge in [0.25, 0.3) is 0 Å². The summed E-state index contributed by atoms with van der Waals surface area (Å²) < 4.78 is 4.40. The molecule has 0 radical (unpaired) electrons. The second kappa shape index (κ2) is 5.21. The van der Waals surface area contributed by atoms with Gasteiger partial charge in [-0.2, -0.15) is 0 Å². The van der Waals surface area contributed by atoms with Gasteiger partial charge in [-0.05, 0) is 20.4 Å². The molecule has 1 heterocycles. The van der Waals surface area contributed by atoms with E-state index >= 15 is 0 Å². The number of halogens is 1. The summed E-state index contributed by atoms with van der Waals surface area (Å²) in [4.78, 5) is 2.09. The van der Waals surface area contributed by atoms with E-state index < -0.39 is 5.60 Å². The Balaban J connectivity index is 2.58. The lowest BCUT2D eigenvalue weighted by Gasteiger charge is -2.27. The third-order valence-electron chi connectivity index (χ3n) is 1.94. The first-order valence-electron chi connectivity index (χ1n) is 4.84. The van der Waals surface area contributed by atoms with Crippen molar-refractivity contribution in [2.75, 3.05) is 13.1 Å². The lowest BCUT2D eigenvalue weighted by atomic mass is 10.1. The molecule has 0 saturated heterocycles. The van der Waals surface area contributed by atoms with E-state index in [0.717, 1.165) is 12.2 Å². The predicted molar refractivity (Wildman–Crippen MR) is 62.2 cm³/mol. The summed E-state index contributed by atoms with van der Waals surface area (Å²) in [7, 11) is 0. The van der Waals surface area contributed by atoms with Gasteiger partial charge in [0.2, 0.25) is 0 Å². The van der Waals surface area contributed by atoms with Crippen LogP contribution in [0.3, 0.4) is 0 Å². The molecule has 0 atom stereocenters. The van der Waals surface area contributed by atoms with Crippen LogP contribution in [-0.4, -0.2) is 38.3 Å². The van der Waals surface area contributed by atoms with E-state index in [0.29, 0.717) is 17.4 Å². The second-order valence-corrected chi connectivity index (χ2v) is 5.47. The highest BCUT2D eigenvalue weighted by atomic mass is 35.5. The van der Waals surface area contributed by atoms with E-state index in [1.54, 1.807) is 13.8 Å². The van der Waals surface area contributed by atoms with Crippen LogP contribution in [0.2, 0.25) is 4.34 Å². The SMILES string of the molecule is CCN(Cc1nnsc1Cl)CC(C)(C)O. The molecule has 1 aromatic heterocycles. The quantitative estimate of drug-likeness (QED) is 0.864. The van der Waals surface area contributed by atoms with E-state index in [2.05, 4.69) is 14.5 Å². The van der Waals surface area contributed by atoms with Crippen molar-refractivity contribution in [2.24, 2.45) is 0 Å². The van der Waals surface area contributed by atoms with E-state index in [9.17, 15) is 5.11 Å². The Labute approximate surface area is 99.0 Å². The first-order chi connectivity index (χ1) is 6.92. The second-order valence-electron chi connectivity index (χ2n) is 4.11. The molecule has 0 amide bonds. The number of hydrogen-bond acceptors (Lipinski definition) is 5. The minimum absolute atomic E-state index is 0.595.